The first-order chi connectivity index (χ1) is 15.3. The van der Waals surface area contributed by atoms with Gasteiger partial charge in [-0.1, -0.05) is 18.2 Å². The van der Waals surface area contributed by atoms with Crippen LogP contribution in [0, 0.1) is 0 Å². The van der Waals surface area contributed by atoms with E-state index in [2.05, 4.69) is 4.72 Å². The molecule has 0 radical (unpaired) electrons. The Kier molecular flexibility index (Phi) is 7.87. The van der Waals surface area contributed by atoms with Crippen LogP contribution in [0.3, 0.4) is 0 Å². The zero-order chi connectivity index (χ0) is 23.1. The molecular formula is C23H28N2O6S. The molecule has 0 aliphatic carbocycles. The van der Waals surface area contributed by atoms with E-state index in [0.29, 0.717) is 18.9 Å². The van der Waals surface area contributed by atoms with Crippen LogP contribution in [0.15, 0.2) is 53.4 Å². The van der Waals surface area contributed by atoms with Crippen LogP contribution in [0.1, 0.15) is 32.3 Å². The number of hydrogen-bond acceptors (Lipinski definition) is 6. The number of rotatable bonds is 9. The maximum absolute atomic E-state index is 12.8. The predicted octanol–water partition coefficient (Wildman–Crippen LogP) is 2.66. The van der Waals surface area contributed by atoms with E-state index in [1.165, 1.54) is 19.1 Å². The van der Waals surface area contributed by atoms with Gasteiger partial charge in [0.1, 0.15) is 5.75 Å². The van der Waals surface area contributed by atoms with Crippen molar-refractivity contribution >= 4 is 27.6 Å². The number of sulfonamides is 1. The number of ether oxygens (including phenoxy) is 2. The summed E-state index contributed by atoms with van der Waals surface area (Å²) in [5.41, 5.74) is 1.93. The molecule has 2 aromatic carbocycles. The molecule has 0 bridgehead atoms. The number of benzene rings is 2. The normalized spacial score (nSPS) is 14.4. The first kappa shape index (κ1) is 23.7. The first-order valence-electron chi connectivity index (χ1n) is 10.6. The van der Waals surface area contributed by atoms with Crippen LogP contribution < -0.4 is 14.4 Å². The predicted molar refractivity (Wildman–Crippen MR) is 120 cm³/mol. The largest absolute Gasteiger partial charge is 0.494 e. The molecule has 9 heteroatoms. The van der Waals surface area contributed by atoms with Gasteiger partial charge in [-0.15, -0.1) is 0 Å². The summed E-state index contributed by atoms with van der Waals surface area (Å²) < 4.78 is 37.7. The highest BCUT2D eigenvalue weighted by molar-refractivity contribution is 7.89. The number of aryl methyl sites for hydroxylation is 1. The Hall–Kier alpha value is -2.91. The molecule has 1 atom stereocenters. The highest BCUT2D eigenvalue weighted by atomic mass is 32.2. The van der Waals surface area contributed by atoms with E-state index < -0.39 is 22.1 Å². The summed E-state index contributed by atoms with van der Waals surface area (Å²) in [6.45, 7) is 4.28. The van der Waals surface area contributed by atoms with Crippen molar-refractivity contribution < 1.29 is 27.5 Å². The molecule has 1 aliphatic rings. The molecule has 0 aromatic heterocycles. The number of hydrogen-bond donors (Lipinski definition) is 1. The second-order valence-electron chi connectivity index (χ2n) is 7.41. The second kappa shape index (κ2) is 10.6. The molecule has 0 spiro atoms. The van der Waals surface area contributed by atoms with Gasteiger partial charge in [0.15, 0.2) is 6.10 Å². The topological polar surface area (TPSA) is 102 Å². The van der Waals surface area contributed by atoms with E-state index >= 15 is 0 Å². The fourth-order valence-electron chi connectivity index (χ4n) is 3.54. The Bertz CT molecular complexity index is 1050. The average Bonchev–Trinajstić information content (AvgIpc) is 2.78. The van der Waals surface area contributed by atoms with Gasteiger partial charge >= 0.3 is 5.97 Å². The van der Waals surface area contributed by atoms with Crippen LogP contribution >= 0.6 is 0 Å². The Morgan fingerprint density at radius 1 is 1.12 bits per heavy atom. The number of esters is 1. The van der Waals surface area contributed by atoms with E-state index in [9.17, 15) is 18.0 Å². The third kappa shape index (κ3) is 5.86. The first-order valence-corrected chi connectivity index (χ1v) is 12.1. The number of amides is 1. The standard InChI is InChI=1S/C23H28N2O6S/c1-3-30-19-10-12-20(13-11-19)32(28,29)24-15-14-22(26)31-17(2)23(27)25-16-6-8-18-7-4-5-9-21(18)25/h4-5,7,9-13,17,24H,3,6,8,14-16H2,1-2H3. The van der Waals surface area contributed by atoms with Gasteiger partial charge < -0.3 is 14.4 Å². The van der Waals surface area contributed by atoms with Gasteiger partial charge in [0, 0.05) is 18.8 Å². The van der Waals surface area contributed by atoms with Gasteiger partial charge in [-0.25, -0.2) is 13.1 Å². The van der Waals surface area contributed by atoms with Gasteiger partial charge in [-0.2, -0.15) is 0 Å². The van der Waals surface area contributed by atoms with E-state index in [0.717, 1.165) is 24.1 Å². The quantitative estimate of drug-likeness (QED) is 0.578. The lowest BCUT2D eigenvalue weighted by molar-refractivity contribution is -0.153. The summed E-state index contributed by atoms with van der Waals surface area (Å²) in [7, 11) is -3.77. The molecule has 1 amide bonds. The molecular weight excluding hydrogens is 432 g/mol. The molecule has 1 heterocycles. The van der Waals surface area contributed by atoms with Crippen molar-refractivity contribution in [3.05, 3.63) is 54.1 Å². The number of nitrogens with one attached hydrogen (secondary N) is 1. The Labute approximate surface area is 188 Å². The molecule has 172 valence electrons. The summed E-state index contributed by atoms with van der Waals surface area (Å²) in [4.78, 5) is 26.7. The van der Waals surface area contributed by atoms with Crippen molar-refractivity contribution in [1.82, 2.24) is 4.72 Å². The van der Waals surface area contributed by atoms with Crippen molar-refractivity contribution in [2.45, 2.75) is 44.1 Å². The van der Waals surface area contributed by atoms with Crippen LogP contribution in [0.5, 0.6) is 5.75 Å². The van der Waals surface area contributed by atoms with Crippen LogP contribution in [-0.2, 0) is 30.8 Å². The molecule has 0 saturated heterocycles. The minimum atomic E-state index is -3.77. The minimum Gasteiger partial charge on any atom is -0.494 e. The smallest absolute Gasteiger partial charge is 0.307 e. The van der Waals surface area contributed by atoms with E-state index in [1.54, 1.807) is 17.0 Å². The summed E-state index contributed by atoms with van der Waals surface area (Å²) in [6.07, 6.45) is 0.598. The van der Waals surface area contributed by atoms with Crippen LogP contribution in [0.4, 0.5) is 5.69 Å². The summed E-state index contributed by atoms with van der Waals surface area (Å²) in [6, 6.07) is 13.7. The number of carbonyl (C=O) groups excluding carboxylic acids is 2. The van der Waals surface area contributed by atoms with E-state index in [4.69, 9.17) is 9.47 Å². The lowest BCUT2D eigenvalue weighted by Gasteiger charge is -2.31. The average molecular weight is 461 g/mol. The van der Waals surface area contributed by atoms with Gasteiger partial charge in [0.25, 0.3) is 5.91 Å². The van der Waals surface area contributed by atoms with Crippen LogP contribution in [0.2, 0.25) is 0 Å². The number of nitrogens with zero attached hydrogens (tertiary/aromatic N) is 1. The highest BCUT2D eigenvalue weighted by Gasteiger charge is 2.28. The summed E-state index contributed by atoms with van der Waals surface area (Å²) in [5, 5.41) is 0. The number of anilines is 1. The Morgan fingerprint density at radius 2 is 1.84 bits per heavy atom. The third-order valence-corrected chi connectivity index (χ3v) is 6.58. The third-order valence-electron chi connectivity index (χ3n) is 5.10. The summed E-state index contributed by atoms with van der Waals surface area (Å²) >= 11 is 0. The van der Waals surface area contributed by atoms with E-state index in [1.807, 2.05) is 31.2 Å². The molecule has 0 saturated carbocycles. The molecule has 8 nitrogen and oxygen atoms in total. The maximum Gasteiger partial charge on any atom is 0.307 e. The monoisotopic (exact) mass is 460 g/mol. The zero-order valence-corrected chi connectivity index (χ0v) is 19.1. The number of carbonyl (C=O) groups is 2. The lowest BCUT2D eigenvalue weighted by atomic mass is 10.0. The zero-order valence-electron chi connectivity index (χ0n) is 18.2. The van der Waals surface area contributed by atoms with Gasteiger partial charge in [-0.3, -0.25) is 9.59 Å². The Balaban J connectivity index is 1.50. The summed E-state index contributed by atoms with van der Waals surface area (Å²) in [5.74, 6) is -0.365. The fraction of sp³-hybridized carbons (Fsp3) is 0.391. The molecule has 32 heavy (non-hydrogen) atoms. The molecule has 0 fully saturated rings. The molecule has 1 unspecified atom stereocenters. The maximum atomic E-state index is 12.8. The van der Waals surface area contributed by atoms with Gasteiger partial charge in [-0.05, 0) is 62.6 Å². The van der Waals surface area contributed by atoms with Crippen molar-refractivity contribution in [3.8, 4) is 5.75 Å². The van der Waals surface area contributed by atoms with Crippen molar-refractivity contribution in [2.75, 3.05) is 24.6 Å². The van der Waals surface area contributed by atoms with Crippen LogP contribution in [-0.4, -0.2) is 46.1 Å². The molecule has 1 aliphatic heterocycles. The second-order valence-corrected chi connectivity index (χ2v) is 9.17. The highest BCUT2D eigenvalue weighted by Crippen LogP contribution is 2.27. The van der Waals surface area contributed by atoms with Crippen molar-refractivity contribution in [3.63, 3.8) is 0 Å². The molecule has 1 N–H and O–H groups in total. The van der Waals surface area contributed by atoms with Gasteiger partial charge in [0.2, 0.25) is 10.0 Å². The van der Waals surface area contributed by atoms with Crippen LogP contribution in [0.25, 0.3) is 0 Å². The Morgan fingerprint density at radius 3 is 2.56 bits per heavy atom. The van der Waals surface area contributed by atoms with Crippen molar-refractivity contribution in [2.24, 2.45) is 0 Å². The number of fused-ring (bicyclic) bond motifs is 1. The molecule has 2 aromatic rings. The number of para-hydroxylation sites is 1. The lowest BCUT2D eigenvalue weighted by Crippen LogP contribution is -2.43. The minimum absolute atomic E-state index is 0.0710. The van der Waals surface area contributed by atoms with Gasteiger partial charge in [0.05, 0.1) is 17.9 Å². The fourth-order valence-corrected chi connectivity index (χ4v) is 4.57. The SMILES string of the molecule is CCOc1ccc(S(=O)(=O)NCCC(=O)OC(C)C(=O)N2CCCc3ccccc32)cc1. The van der Waals surface area contributed by atoms with E-state index in [-0.39, 0.29) is 23.8 Å². The van der Waals surface area contributed by atoms with Crippen molar-refractivity contribution in [1.29, 1.82) is 0 Å². The molecule has 3 rings (SSSR count).